The molecule has 0 aliphatic rings. The van der Waals surface area contributed by atoms with Crippen LogP contribution in [-0.4, -0.2) is 12.0 Å². The Bertz CT molecular complexity index is 882. The molecule has 0 aliphatic carbocycles. The summed E-state index contributed by atoms with van der Waals surface area (Å²) in [4.78, 5) is 4.16. The van der Waals surface area contributed by atoms with E-state index in [1.165, 1.54) is 0 Å². The Morgan fingerprint density at radius 2 is 1.96 bits per heavy atom. The van der Waals surface area contributed by atoms with E-state index in [2.05, 4.69) is 10.3 Å². The summed E-state index contributed by atoms with van der Waals surface area (Å²) in [6.07, 6.45) is 0. The summed E-state index contributed by atoms with van der Waals surface area (Å²) in [5.41, 5.74) is 1.91. The van der Waals surface area contributed by atoms with Crippen molar-refractivity contribution in [3.8, 4) is 23.3 Å². The number of halogens is 1. The number of hydrogen-bond donors (Lipinski definition) is 1. The SMILES string of the molecule is CNc1oc(-c2ccc(OCc3ccccc3Cl)cc2)nc1C#N. The number of ether oxygens (including phenoxy) is 1. The summed E-state index contributed by atoms with van der Waals surface area (Å²) >= 11 is 6.11. The van der Waals surface area contributed by atoms with Crippen LogP contribution in [0.4, 0.5) is 5.88 Å². The Kier molecular flexibility index (Phi) is 4.69. The van der Waals surface area contributed by atoms with Crippen LogP contribution in [0.1, 0.15) is 11.3 Å². The van der Waals surface area contributed by atoms with E-state index in [0.29, 0.717) is 29.2 Å². The standard InChI is InChI=1S/C18H14ClN3O2/c1-21-18-16(10-20)22-17(24-18)12-6-8-14(9-7-12)23-11-13-4-2-3-5-15(13)19/h2-9,21H,11H2,1H3. The van der Waals surface area contributed by atoms with E-state index in [-0.39, 0.29) is 5.69 Å². The molecule has 120 valence electrons. The minimum Gasteiger partial charge on any atom is -0.489 e. The number of nitriles is 1. The summed E-state index contributed by atoms with van der Waals surface area (Å²) < 4.78 is 11.3. The van der Waals surface area contributed by atoms with Crippen molar-refractivity contribution in [3.05, 3.63) is 64.8 Å². The topological polar surface area (TPSA) is 71.1 Å². The van der Waals surface area contributed by atoms with Crippen LogP contribution in [0, 0.1) is 11.3 Å². The van der Waals surface area contributed by atoms with Gasteiger partial charge >= 0.3 is 0 Å². The molecule has 0 saturated carbocycles. The fraction of sp³-hybridized carbons (Fsp3) is 0.111. The smallest absolute Gasteiger partial charge is 0.232 e. The van der Waals surface area contributed by atoms with Crippen molar-refractivity contribution in [1.82, 2.24) is 4.98 Å². The molecule has 5 nitrogen and oxygen atoms in total. The van der Waals surface area contributed by atoms with Crippen molar-refractivity contribution in [3.63, 3.8) is 0 Å². The van der Waals surface area contributed by atoms with Crippen molar-refractivity contribution < 1.29 is 9.15 Å². The quantitative estimate of drug-likeness (QED) is 0.741. The molecule has 0 spiro atoms. The van der Waals surface area contributed by atoms with Crippen LogP contribution < -0.4 is 10.1 Å². The van der Waals surface area contributed by atoms with Crippen LogP contribution in [0.2, 0.25) is 5.02 Å². The van der Waals surface area contributed by atoms with Crippen molar-refractivity contribution >= 4 is 17.5 Å². The molecule has 1 heterocycles. The lowest BCUT2D eigenvalue weighted by Gasteiger charge is -2.08. The average molecular weight is 340 g/mol. The minimum atomic E-state index is 0.228. The third kappa shape index (κ3) is 3.34. The highest BCUT2D eigenvalue weighted by Gasteiger charge is 2.13. The van der Waals surface area contributed by atoms with Gasteiger partial charge in [0.25, 0.3) is 0 Å². The molecular weight excluding hydrogens is 326 g/mol. The predicted molar refractivity (Wildman–Crippen MR) is 92.0 cm³/mol. The van der Waals surface area contributed by atoms with Crippen molar-refractivity contribution in [2.24, 2.45) is 0 Å². The molecule has 0 saturated heterocycles. The largest absolute Gasteiger partial charge is 0.489 e. The van der Waals surface area contributed by atoms with Gasteiger partial charge < -0.3 is 14.5 Å². The van der Waals surface area contributed by atoms with E-state index < -0.39 is 0 Å². The highest BCUT2D eigenvalue weighted by atomic mass is 35.5. The Labute approximate surface area is 144 Å². The lowest BCUT2D eigenvalue weighted by molar-refractivity contribution is 0.306. The fourth-order valence-electron chi connectivity index (χ4n) is 2.16. The minimum absolute atomic E-state index is 0.228. The Hall–Kier alpha value is -2.97. The molecular formula is C18H14ClN3O2. The van der Waals surface area contributed by atoms with Crippen molar-refractivity contribution in [2.45, 2.75) is 6.61 Å². The molecule has 0 radical (unpaired) electrons. The second-order valence-corrected chi connectivity index (χ2v) is 5.37. The van der Waals surface area contributed by atoms with Crippen LogP contribution in [0.5, 0.6) is 5.75 Å². The normalized spacial score (nSPS) is 10.2. The van der Waals surface area contributed by atoms with E-state index in [4.69, 9.17) is 26.0 Å². The van der Waals surface area contributed by atoms with Gasteiger partial charge in [-0.25, -0.2) is 0 Å². The van der Waals surface area contributed by atoms with E-state index in [9.17, 15) is 0 Å². The first-order valence-corrected chi connectivity index (χ1v) is 7.64. The zero-order chi connectivity index (χ0) is 16.9. The lowest BCUT2D eigenvalue weighted by atomic mass is 10.2. The number of oxazole rings is 1. The van der Waals surface area contributed by atoms with Gasteiger partial charge in [0.1, 0.15) is 18.4 Å². The van der Waals surface area contributed by atoms with E-state index in [1.807, 2.05) is 54.6 Å². The lowest BCUT2D eigenvalue weighted by Crippen LogP contribution is -1.95. The maximum Gasteiger partial charge on any atom is 0.232 e. The van der Waals surface area contributed by atoms with Crippen molar-refractivity contribution in [1.29, 1.82) is 5.26 Å². The molecule has 24 heavy (non-hydrogen) atoms. The summed E-state index contributed by atoms with van der Waals surface area (Å²) in [6, 6.07) is 16.8. The van der Waals surface area contributed by atoms with Gasteiger partial charge in [-0.3, -0.25) is 0 Å². The molecule has 1 N–H and O–H groups in total. The van der Waals surface area contributed by atoms with Crippen LogP contribution in [0.25, 0.3) is 11.5 Å². The highest BCUT2D eigenvalue weighted by Crippen LogP contribution is 2.27. The van der Waals surface area contributed by atoms with Gasteiger partial charge in [-0.2, -0.15) is 10.2 Å². The number of rotatable bonds is 5. The molecule has 0 amide bonds. The number of hydrogen-bond acceptors (Lipinski definition) is 5. The number of anilines is 1. The zero-order valence-corrected chi connectivity index (χ0v) is 13.7. The first-order chi connectivity index (χ1) is 11.7. The van der Waals surface area contributed by atoms with Gasteiger partial charge in [-0.15, -0.1) is 0 Å². The first kappa shape index (κ1) is 15.9. The van der Waals surface area contributed by atoms with Gasteiger partial charge in [0, 0.05) is 23.2 Å². The summed E-state index contributed by atoms with van der Waals surface area (Å²) in [5.74, 6) is 1.44. The van der Waals surface area contributed by atoms with Crippen molar-refractivity contribution in [2.75, 3.05) is 12.4 Å². The first-order valence-electron chi connectivity index (χ1n) is 7.26. The molecule has 0 unspecified atom stereocenters. The monoisotopic (exact) mass is 339 g/mol. The molecule has 1 aromatic heterocycles. The number of aromatic nitrogens is 1. The van der Waals surface area contributed by atoms with Crippen LogP contribution in [-0.2, 0) is 6.61 Å². The summed E-state index contributed by atoms with van der Waals surface area (Å²) in [7, 11) is 1.68. The predicted octanol–water partition coefficient (Wildman–Crippen LogP) is 4.49. The van der Waals surface area contributed by atoms with Gasteiger partial charge in [0.15, 0.2) is 0 Å². The van der Waals surface area contributed by atoms with E-state index in [1.54, 1.807) is 7.05 Å². The molecule has 0 bridgehead atoms. The fourth-order valence-corrected chi connectivity index (χ4v) is 2.35. The second kappa shape index (κ2) is 7.07. The van der Waals surface area contributed by atoms with Crippen LogP contribution in [0.3, 0.4) is 0 Å². The molecule has 0 fully saturated rings. The van der Waals surface area contributed by atoms with Gasteiger partial charge in [-0.05, 0) is 30.3 Å². The van der Waals surface area contributed by atoms with Crippen LogP contribution in [0.15, 0.2) is 52.9 Å². The van der Waals surface area contributed by atoms with Crippen LogP contribution >= 0.6 is 11.6 Å². The molecule has 3 aromatic rings. The molecule has 0 atom stereocenters. The number of nitrogens with one attached hydrogen (secondary N) is 1. The van der Waals surface area contributed by atoms with Gasteiger partial charge in [-0.1, -0.05) is 29.8 Å². The third-order valence-electron chi connectivity index (χ3n) is 3.41. The number of nitrogens with zero attached hydrogens (tertiary/aromatic N) is 2. The molecule has 3 rings (SSSR count). The molecule has 0 aliphatic heterocycles. The van der Waals surface area contributed by atoms with E-state index in [0.717, 1.165) is 11.1 Å². The van der Waals surface area contributed by atoms with E-state index >= 15 is 0 Å². The van der Waals surface area contributed by atoms with Gasteiger partial charge in [0.2, 0.25) is 17.5 Å². The Balaban J connectivity index is 1.73. The molecule has 2 aromatic carbocycles. The summed E-state index contributed by atoms with van der Waals surface area (Å²) in [5, 5.41) is 12.5. The third-order valence-corrected chi connectivity index (χ3v) is 3.78. The second-order valence-electron chi connectivity index (χ2n) is 4.96. The number of benzene rings is 2. The average Bonchev–Trinajstić information content (AvgIpc) is 3.05. The highest BCUT2D eigenvalue weighted by molar-refractivity contribution is 6.31. The Morgan fingerprint density at radius 1 is 1.21 bits per heavy atom. The maximum absolute atomic E-state index is 9.01. The van der Waals surface area contributed by atoms with Gasteiger partial charge in [0.05, 0.1) is 0 Å². The zero-order valence-electron chi connectivity index (χ0n) is 12.9. The molecule has 6 heteroatoms. The maximum atomic E-state index is 9.01. The summed E-state index contributed by atoms with van der Waals surface area (Å²) in [6.45, 7) is 0.389. The Morgan fingerprint density at radius 3 is 2.58 bits per heavy atom.